The molecule has 1 fully saturated rings. The van der Waals surface area contributed by atoms with E-state index in [0.717, 1.165) is 60.3 Å². The lowest BCUT2D eigenvalue weighted by atomic mass is 10.1. The zero-order valence-corrected chi connectivity index (χ0v) is 13.6. The van der Waals surface area contributed by atoms with Gasteiger partial charge in [-0.1, -0.05) is 6.58 Å². The topological polar surface area (TPSA) is 55.5 Å². The van der Waals surface area contributed by atoms with E-state index in [-0.39, 0.29) is 0 Å². The van der Waals surface area contributed by atoms with E-state index in [1.54, 1.807) is 12.3 Å². The fraction of sp³-hybridized carbons (Fsp3) is 0.278. The summed E-state index contributed by atoms with van der Waals surface area (Å²) in [6.07, 6.45) is 5.36. The summed E-state index contributed by atoms with van der Waals surface area (Å²) >= 11 is 0. The molecule has 0 amide bonds. The first-order chi connectivity index (χ1) is 11.8. The van der Waals surface area contributed by atoms with Crippen molar-refractivity contribution in [2.24, 2.45) is 0 Å². The minimum Gasteiger partial charge on any atom is -0.378 e. The molecule has 1 aliphatic heterocycles. The normalized spacial score (nSPS) is 15.0. The molecule has 122 valence electrons. The third-order valence-electron chi connectivity index (χ3n) is 4.29. The summed E-state index contributed by atoms with van der Waals surface area (Å²) in [6.45, 7) is 9.04. The van der Waals surface area contributed by atoms with Crippen LogP contribution in [0.1, 0.15) is 11.4 Å². The smallest absolute Gasteiger partial charge is 0.178 e. The van der Waals surface area contributed by atoms with Gasteiger partial charge in [-0.2, -0.15) is 5.10 Å². The van der Waals surface area contributed by atoms with Gasteiger partial charge in [0.05, 0.1) is 42.2 Å². The Bertz CT molecular complexity index is 896. The van der Waals surface area contributed by atoms with Crippen molar-refractivity contribution in [3.63, 3.8) is 0 Å². The second-order valence-corrected chi connectivity index (χ2v) is 5.77. The molecular weight excluding hydrogens is 302 g/mol. The summed E-state index contributed by atoms with van der Waals surface area (Å²) in [5.41, 5.74) is 5.79. The molecular formula is C18H19N5O. The second-order valence-electron chi connectivity index (χ2n) is 5.77. The Hall–Kier alpha value is -2.73. The van der Waals surface area contributed by atoms with Gasteiger partial charge in [0.2, 0.25) is 0 Å². The Morgan fingerprint density at radius 1 is 1.21 bits per heavy atom. The quantitative estimate of drug-likeness (QED) is 0.742. The Labute approximate surface area is 140 Å². The molecule has 0 bridgehead atoms. The molecule has 0 radical (unpaired) electrons. The predicted octanol–water partition coefficient (Wildman–Crippen LogP) is 2.58. The van der Waals surface area contributed by atoms with Crippen molar-refractivity contribution in [3.05, 3.63) is 48.6 Å². The van der Waals surface area contributed by atoms with E-state index in [2.05, 4.69) is 21.6 Å². The highest BCUT2D eigenvalue weighted by molar-refractivity contribution is 5.75. The fourth-order valence-electron chi connectivity index (χ4n) is 3.13. The van der Waals surface area contributed by atoms with E-state index in [1.165, 1.54) is 0 Å². The van der Waals surface area contributed by atoms with Crippen molar-refractivity contribution < 1.29 is 4.74 Å². The molecule has 0 spiro atoms. The number of aryl methyl sites for hydroxylation is 1. The van der Waals surface area contributed by atoms with Crippen molar-refractivity contribution in [2.45, 2.75) is 6.92 Å². The highest BCUT2D eigenvalue weighted by Gasteiger charge is 2.19. The molecule has 1 aliphatic rings. The van der Waals surface area contributed by atoms with E-state index in [0.29, 0.717) is 0 Å². The van der Waals surface area contributed by atoms with Gasteiger partial charge in [-0.25, -0.2) is 9.50 Å². The minimum atomic E-state index is 0.744. The highest BCUT2D eigenvalue weighted by atomic mass is 16.5. The zero-order valence-electron chi connectivity index (χ0n) is 13.6. The minimum absolute atomic E-state index is 0.744. The number of ether oxygens (including phenoxy) is 1. The number of hydrogen-bond donors (Lipinski definition) is 0. The molecule has 0 atom stereocenters. The number of imidazole rings is 1. The van der Waals surface area contributed by atoms with Gasteiger partial charge in [0.25, 0.3) is 0 Å². The molecule has 4 heterocycles. The second kappa shape index (κ2) is 6.05. The monoisotopic (exact) mass is 321 g/mol. The number of nitrogens with zero attached hydrogens (tertiary/aromatic N) is 5. The fourth-order valence-corrected chi connectivity index (χ4v) is 3.13. The average molecular weight is 321 g/mol. The lowest BCUT2D eigenvalue weighted by Crippen LogP contribution is -2.36. The summed E-state index contributed by atoms with van der Waals surface area (Å²) in [5, 5.41) is 4.54. The largest absolute Gasteiger partial charge is 0.378 e. The number of fused-ring (bicyclic) bond motifs is 1. The third-order valence-corrected chi connectivity index (χ3v) is 4.29. The van der Waals surface area contributed by atoms with Crippen LogP contribution in [0.5, 0.6) is 0 Å². The summed E-state index contributed by atoms with van der Waals surface area (Å²) < 4.78 is 7.38. The SMILES string of the molecule is C=Cc1cc(-c2c(C)nc3c(N4CCOCC4)ccnn23)ccn1. The van der Waals surface area contributed by atoms with Gasteiger partial charge in [-0.15, -0.1) is 0 Å². The number of hydrogen-bond acceptors (Lipinski definition) is 5. The molecule has 24 heavy (non-hydrogen) atoms. The molecule has 0 N–H and O–H groups in total. The Kier molecular flexibility index (Phi) is 3.74. The van der Waals surface area contributed by atoms with Crippen LogP contribution < -0.4 is 4.90 Å². The first-order valence-corrected chi connectivity index (χ1v) is 8.04. The van der Waals surface area contributed by atoms with E-state index < -0.39 is 0 Å². The molecule has 6 nitrogen and oxygen atoms in total. The Morgan fingerprint density at radius 3 is 2.83 bits per heavy atom. The third kappa shape index (κ3) is 2.45. The summed E-state index contributed by atoms with van der Waals surface area (Å²) in [4.78, 5) is 11.4. The Morgan fingerprint density at radius 2 is 2.04 bits per heavy atom. The zero-order chi connectivity index (χ0) is 16.5. The molecule has 3 aromatic rings. The summed E-state index contributed by atoms with van der Waals surface area (Å²) in [5.74, 6) is 0. The van der Waals surface area contributed by atoms with Gasteiger partial charge in [-0.05, 0) is 31.2 Å². The van der Waals surface area contributed by atoms with Crippen LogP contribution in [0, 0.1) is 6.92 Å². The number of anilines is 1. The van der Waals surface area contributed by atoms with Crippen LogP contribution in [-0.4, -0.2) is 45.9 Å². The summed E-state index contributed by atoms with van der Waals surface area (Å²) in [7, 11) is 0. The first kappa shape index (κ1) is 14.8. The van der Waals surface area contributed by atoms with Crippen molar-refractivity contribution in [2.75, 3.05) is 31.2 Å². The molecule has 0 aromatic carbocycles. The lowest BCUT2D eigenvalue weighted by Gasteiger charge is -2.28. The van der Waals surface area contributed by atoms with Crippen LogP contribution in [-0.2, 0) is 4.74 Å². The average Bonchev–Trinajstić information content (AvgIpc) is 2.98. The van der Waals surface area contributed by atoms with Gasteiger partial charge in [0.15, 0.2) is 5.65 Å². The maximum Gasteiger partial charge on any atom is 0.178 e. The molecule has 0 saturated carbocycles. The van der Waals surface area contributed by atoms with Crippen LogP contribution in [0.25, 0.3) is 23.0 Å². The molecule has 1 saturated heterocycles. The van der Waals surface area contributed by atoms with Crippen molar-refractivity contribution in [1.29, 1.82) is 0 Å². The maximum atomic E-state index is 5.46. The van der Waals surface area contributed by atoms with Gasteiger partial charge >= 0.3 is 0 Å². The highest BCUT2D eigenvalue weighted by Crippen LogP contribution is 2.29. The van der Waals surface area contributed by atoms with Crippen molar-refractivity contribution >= 4 is 17.4 Å². The van der Waals surface area contributed by atoms with Crippen LogP contribution in [0.3, 0.4) is 0 Å². The van der Waals surface area contributed by atoms with Crippen LogP contribution >= 0.6 is 0 Å². The van der Waals surface area contributed by atoms with Crippen molar-refractivity contribution in [1.82, 2.24) is 19.6 Å². The molecule has 0 aliphatic carbocycles. The molecule has 4 rings (SSSR count). The lowest BCUT2D eigenvalue weighted by molar-refractivity contribution is 0.123. The predicted molar refractivity (Wildman–Crippen MR) is 94.1 cm³/mol. The first-order valence-electron chi connectivity index (χ1n) is 8.04. The van der Waals surface area contributed by atoms with Gasteiger partial charge in [-0.3, -0.25) is 4.98 Å². The van der Waals surface area contributed by atoms with Crippen molar-refractivity contribution in [3.8, 4) is 11.3 Å². The standard InChI is InChI=1S/C18H19N5O/c1-3-15-12-14(4-6-19-15)17-13(2)21-18-16(5-7-20-23(17)18)22-8-10-24-11-9-22/h3-7,12H,1,8-11H2,2H3. The molecule has 3 aromatic heterocycles. The number of pyridine rings is 1. The van der Waals surface area contributed by atoms with Crippen LogP contribution in [0.2, 0.25) is 0 Å². The number of rotatable bonds is 3. The van der Waals surface area contributed by atoms with E-state index in [9.17, 15) is 0 Å². The molecule has 0 unspecified atom stereocenters. The maximum absolute atomic E-state index is 5.46. The van der Waals surface area contributed by atoms with E-state index in [1.807, 2.05) is 35.8 Å². The number of morpholine rings is 1. The van der Waals surface area contributed by atoms with Gasteiger partial charge in [0.1, 0.15) is 0 Å². The number of aromatic nitrogens is 4. The summed E-state index contributed by atoms with van der Waals surface area (Å²) in [6, 6.07) is 6.01. The van der Waals surface area contributed by atoms with Crippen LogP contribution in [0.4, 0.5) is 5.69 Å². The van der Waals surface area contributed by atoms with Crippen LogP contribution in [0.15, 0.2) is 37.2 Å². The van der Waals surface area contributed by atoms with Gasteiger partial charge in [0, 0.05) is 24.8 Å². The van der Waals surface area contributed by atoms with E-state index in [4.69, 9.17) is 9.72 Å². The van der Waals surface area contributed by atoms with E-state index >= 15 is 0 Å². The van der Waals surface area contributed by atoms with Gasteiger partial charge < -0.3 is 9.64 Å². The Balaban J connectivity index is 1.88. The molecule has 6 heteroatoms.